The molecule has 35 heavy (non-hydrogen) atoms. The first-order valence-corrected chi connectivity index (χ1v) is 11.2. The Kier molecular flexibility index (Phi) is 8.09. The molecule has 0 fully saturated rings. The summed E-state index contributed by atoms with van der Waals surface area (Å²) in [7, 11) is 0. The van der Waals surface area contributed by atoms with E-state index in [1.165, 1.54) is 18.3 Å². The Morgan fingerprint density at radius 3 is 2.14 bits per heavy atom. The lowest BCUT2D eigenvalue weighted by Gasteiger charge is -2.07. The highest BCUT2D eigenvalue weighted by Gasteiger charge is 2.05. The number of halogens is 2. The van der Waals surface area contributed by atoms with Crippen molar-refractivity contribution in [3.05, 3.63) is 130 Å². The molecule has 0 aliphatic carbocycles. The number of nitrogens with zero attached hydrogens (tertiary/aromatic N) is 1. The monoisotopic (exact) mass is 488 g/mol. The van der Waals surface area contributed by atoms with Crippen molar-refractivity contribution in [2.24, 2.45) is 5.10 Å². The van der Waals surface area contributed by atoms with Gasteiger partial charge in [-0.2, -0.15) is 5.10 Å². The van der Waals surface area contributed by atoms with Crippen LogP contribution in [0.3, 0.4) is 0 Å². The largest absolute Gasteiger partial charge is 0.489 e. The molecule has 4 rings (SSSR count). The van der Waals surface area contributed by atoms with Crippen molar-refractivity contribution in [2.45, 2.75) is 13.2 Å². The Morgan fingerprint density at radius 1 is 0.829 bits per heavy atom. The van der Waals surface area contributed by atoms with Gasteiger partial charge in [0.05, 0.1) is 6.21 Å². The van der Waals surface area contributed by atoms with Gasteiger partial charge in [-0.15, -0.1) is 0 Å². The van der Waals surface area contributed by atoms with Gasteiger partial charge >= 0.3 is 0 Å². The molecule has 7 heteroatoms. The minimum atomic E-state index is -0.339. The van der Waals surface area contributed by atoms with Gasteiger partial charge in [0.1, 0.15) is 30.5 Å². The molecule has 0 spiro atoms. The second kappa shape index (κ2) is 11.8. The summed E-state index contributed by atoms with van der Waals surface area (Å²) < 4.78 is 24.5. The lowest BCUT2D eigenvalue weighted by molar-refractivity contribution is 0.0955. The Bertz CT molecular complexity index is 1290. The molecular formula is C28H22ClFN2O3. The van der Waals surface area contributed by atoms with Gasteiger partial charge < -0.3 is 9.47 Å². The summed E-state index contributed by atoms with van der Waals surface area (Å²) in [5.41, 5.74) is 5.58. The summed E-state index contributed by atoms with van der Waals surface area (Å²) in [4.78, 5) is 12.4. The fourth-order valence-electron chi connectivity index (χ4n) is 3.11. The number of amides is 1. The quantitative estimate of drug-likeness (QED) is 0.219. The van der Waals surface area contributed by atoms with Crippen molar-refractivity contribution < 1.29 is 18.7 Å². The van der Waals surface area contributed by atoms with Crippen LogP contribution in [0.1, 0.15) is 27.0 Å². The molecule has 0 saturated carbocycles. The smallest absolute Gasteiger partial charge is 0.271 e. The average molecular weight is 489 g/mol. The van der Waals surface area contributed by atoms with E-state index in [-0.39, 0.29) is 11.7 Å². The SMILES string of the molecule is O=C(N/N=C\c1cccc(OCc2ccc(F)cc2)c1)c1ccc(OCc2ccc(Cl)cc2)cc1. The normalized spacial score (nSPS) is 10.8. The number of rotatable bonds is 9. The number of nitrogens with one attached hydrogen (secondary N) is 1. The first-order valence-electron chi connectivity index (χ1n) is 10.8. The van der Waals surface area contributed by atoms with Crippen LogP contribution >= 0.6 is 11.6 Å². The van der Waals surface area contributed by atoms with Crippen LogP contribution in [-0.4, -0.2) is 12.1 Å². The van der Waals surface area contributed by atoms with E-state index < -0.39 is 0 Å². The average Bonchev–Trinajstić information content (AvgIpc) is 2.88. The summed E-state index contributed by atoms with van der Waals surface area (Å²) in [6, 6.07) is 27.6. The highest BCUT2D eigenvalue weighted by molar-refractivity contribution is 6.30. The predicted octanol–water partition coefficient (Wildman–Crippen LogP) is 6.40. The van der Waals surface area contributed by atoms with Crippen LogP contribution in [0.15, 0.2) is 102 Å². The minimum absolute atomic E-state index is 0.285. The lowest BCUT2D eigenvalue weighted by atomic mass is 10.2. The molecule has 0 saturated heterocycles. The van der Waals surface area contributed by atoms with E-state index in [0.29, 0.717) is 35.3 Å². The molecule has 0 aromatic heterocycles. The third kappa shape index (κ3) is 7.42. The van der Waals surface area contributed by atoms with Gasteiger partial charge in [-0.3, -0.25) is 4.79 Å². The highest BCUT2D eigenvalue weighted by atomic mass is 35.5. The third-order valence-electron chi connectivity index (χ3n) is 4.99. The van der Waals surface area contributed by atoms with Crippen LogP contribution in [0.5, 0.6) is 11.5 Å². The molecule has 176 valence electrons. The van der Waals surface area contributed by atoms with Crippen LogP contribution in [0.4, 0.5) is 4.39 Å². The molecule has 0 aliphatic rings. The van der Waals surface area contributed by atoms with E-state index in [4.69, 9.17) is 21.1 Å². The first kappa shape index (κ1) is 24.0. The summed E-state index contributed by atoms with van der Waals surface area (Å²) in [5.74, 6) is 0.665. The number of ether oxygens (including phenoxy) is 2. The summed E-state index contributed by atoms with van der Waals surface area (Å²) in [6.45, 7) is 0.719. The number of hydrazone groups is 1. The molecule has 4 aromatic rings. The van der Waals surface area contributed by atoms with Crippen LogP contribution in [-0.2, 0) is 13.2 Å². The summed E-state index contributed by atoms with van der Waals surface area (Å²) in [5, 5.41) is 4.70. The topological polar surface area (TPSA) is 59.9 Å². The van der Waals surface area contributed by atoms with E-state index in [1.54, 1.807) is 42.5 Å². The molecule has 1 N–H and O–H groups in total. The predicted molar refractivity (Wildman–Crippen MR) is 134 cm³/mol. The second-order valence-corrected chi connectivity index (χ2v) is 8.06. The van der Waals surface area contributed by atoms with E-state index in [0.717, 1.165) is 16.7 Å². The van der Waals surface area contributed by atoms with Gasteiger partial charge in [0.2, 0.25) is 0 Å². The third-order valence-corrected chi connectivity index (χ3v) is 5.24. The summed E-state index contributed by atoms with van der Waals surface area (Å²) >= 11 is 5.89. The molecule has 5 nitrogen and oxygen atoms in total. The van der Waals surface area contributed by atoms with Crippen molar-refractivity contribution in [3.63, 3.8) is 0 Å². The molecule has 0 unspecified atom stereocenters. The first-order chi connectivity index (χ1) is 17.0. The number of hydrogen-bond donors (Lipinski definition) is 1. The van der Waals surface area contributed by atoms with Gasteiger partial charge in [0.25, 0.3) is 5.91 Å². The molecule has 1 amide bonds. The number of carbonyl (C=O) groups is 1. The lowest BCUT2D eigenvalue weighted by Crippen LogP contribution is -2.17. The Balaban J connectivity index is 1.26. The van der Waals surface area contributed by atoms with E-state index in [2.05, 4.69) is 10.5 Å². The zero-order chi connectivity index (χ0) is 24.5. The summed E-state index contributed by atoms with van der Waals surface area (Å²) in [6.07, 6.45) is 1.53. The maximum atomic E-state index is 13.0. The van der Waals surface area contributed by atoms with Crippen LogP contribution < -0.4 is 14.9 Å². The van der Waals surface area contributed by atoms with Gasteiger partial charge in [0, 0.05) is 10.6 Å². The molecule has 0 heterocycles. The molecule has 0 bridgehead atoms. The van der Waals surface area contributed by atoms with Crippen molar-refractivity contribution in [3.8, 4) is 11.5 Å². The molecule has 0 radical (unpaired) electrons. The van der Waals surface area contributed by atoms with Gasteiger partial charge in [-0.1, -0.05) is 48.0 Å². The highest BCUT2D eigenvalue weighted by Crippen LogP contribution is 2.17. The molecule has 0 aliphatic heterocycles. The zero-order valence-corrected chi connectivity index (χ0v) is 19.4. The second-order valence-electron chi connectivity index (χ2n) is 7.63. The molecule has 0 atom stereocenters. The Hall–Kier alpha value is -4.16. The van der Waals surface area contributed by atoms with Crippen molar-refractivity contribution in [1.82, 2.24) is 5.43 Å². The van der Waals surface area contributed by atoms with E-state index in [9.17, 15) is 9.18 Å². The number of hydrogen-bond acceptors (Lipinski definition) is 4. The maximum Gasteiger partial charge on any atom is 0.271 e. The van der Waals surface area contributed by atoms with Gasteiger partial charge in [-0.05, 0) is 77.4 Å². The van der Waals surface area contributed by atoms with Crippen molar-refractivity contribution in [2.75, 3.05) is 0 Å². The Labute approximate surface area is 207 Å². The minimum Gasteiger partial charge on any atom is -0.489 e. The standard InChI is InChI=1S/C28H22ClFN2O3/c29-24-10-4-20(5-11-24)18-34-26-14-8-23(9-15-26)28(33)32-31-17-22-2-1-3-27(16-22)35-19-21-6-12-25(30)13-7-21/h1-17H,18-19H2,(H,32,33)/b31-17-. The fraction of sp³-hybridized carbons (Fsp3) is 0.0714. The number of benzene rings is 4. The molecular weight excluding hydrogens is 467 g/mol. The van der Waals surface area contributed by atoms with Crippen LogP contribution in [0, 0.1) is 5.82 Å². The van der Waals surface area contributed by atoms with Gasteiger partial charge in [0.15, 0.2) is 0 Å². The van der Waals surface area contributed by atoms with Crippen molar-refractivity contribution >= 4 is 23.7 Å². The van der Waals surface area contributed by atoms with Crippen LogP contribution in [0.25, 0.3) is 0 Å². The maximum absolute atomic E-state index is 13.0. The van der Waals surface area contributed by atoms with E-state index >= 15 is 0 Å². The van der Waals surface area contributed by atoms with Crippen LogP contribution in [0.2, 0.25) is 5.02 Å². The molecule has 4 aromatic carbocycles. The Morgan fingerprint density at radius 2 is 1.46 bits per heavy atom. The number of carbonyl (C=O) groups excluding carboxylic acids is 1. The zero-order valence-electron chi connectivity index (χ0n) is 18.7. The fourth-order valence-corrected chi connectivity index (χ4v) is 3.24. The van der Waals surface area contributed by atoms with E-state index in [1.807, 2.05) is 42.5 Å². The van der Waals surface area contributed by atoms with Crippen molar-refractivity contribution in [1.29, 1.82) is 0 Å². The van der Waals surface area contributed by atoms with Gasteiger partial charge in [-0.25, -0.2) is 9.82 Å².